The lowest BCUT2D eigenvalue weighted by Crippen LogP contribution is -2.21. The minimum absolute atomic E-state index is 0.227. The van der Waals surface area contributed by atoms with Gasteiger partial charge in [-0.25, -0.2) is 4.79 Å². The topological polar surface area (TPSA) is 84.3 Å². The first-order valence-electron chi connectivity index (χ1n) is 9.23. The maximum atomic E-state index is 11.4. The van der Waals surface area contributed by atoms with Crippen molar-refractivity contribution in [3.63, 3.8) is 0 Å². The van der Waals surface area contributed by atoms with Crippen LogP contribution in [0.5, 0.6) is 5.75 Å². The van der Waals surface area contributed by atoms with E-state index < -0.39 is 5.97 Å². The van der Waals surface area contributed by atoms with Gasteiger partial charge in [0, 0.05) is 30.6 Å². The van der Waals surface area contributed by atoms with E-state index in [1.54, 1.807) is 6.20 Å². The number of aryl methyl sites for hydroxylation is 1. The number of hydrogen-bond donors (Lipinski definition) is 2. The first kappa shape index (κ1) is 18.0. The summed E-state index contributed by atoms with van der Waals surface area (Å²) < 4.78 is 5.91. The van der Waals surface area contributed by atoms with Crippen LogP contribution in [0.2, 0.25) is 0 Å². The Kier molecular flexibility index (Phi) is 4.93. The van der Waals surface area contributed by atoms with Crippen molar-refractivity contribution in [2.24, 2.45) is 0 Å². The molecule has 0 amide bonds. The number of anilines is 1. The van der Waals surface area contributed by atoms with Gasteiger partial charge in [0.25, 0.3) is 0 Å². The van der Waals surface area contributed by atoms with E-state index in [0.29, 0.717) is 18.8 Å². The molecule has 6 heteroatoms. The molecule has 3 aromatic rings. The van der Waals surface area contributed by atoms with Gasteiger partial charge in [0.2, 0.25) is 0 Å². The number of aromatic carboxylic acids is 1. The minimum Gasteiger partial charge on any atom is -0.493 e. The largest absolute Gasteiger partial charge is 0.493 e. The maximum absolute atomic E-state index is 11.4. The second-order valence-electron chi connectivity index (χ2n) is 6.88. The van der Waals surface area contributed by atoms with Gasteiger partial charge in [-0.2, -0.15) is 0 Å². The standard InChI is InChI=1S/C22H21N3O3/c1-14-10-16(4-8-24-14)15-2-3-18-17(6-9-28-21(18)11-15)12-25-20-13-23-7-5-19(20)22(26)27/h2-5,7-8,10-11,13,17,25H,6,9,12H2,1H3,(H,26,27). The van der Waals surface area contributed by atoms with E-state index in [0.717, 1.165) is 34.6 Å². The molecule has 1 atom stereocenters. The molecule has 4 rings (SSSR count). The van der Waals surface area contributed by atoms with E-state index in [2.05, 4.69) is 39.6 Å². The first-order valence-corrected chi connectivity index (χ1v) is 9.23. The van der Waals surface area contributed by atoms with Gasteiger partial charge in [0.1, 0.15) is 5.75 Å². The minimum atomic E-state index is -0.963. The lowest BCUT2D eigenvalue weighted by atomic mass is 9.91. The second kappa shape index (κ2) is 7.68. The fourth-order valence-corrected chi connectivity index (χ4v) is 3.53. The molecule has 28 heavy (non-hydrogen) atoms. The molecule has 1 aliphatic heterocycles. The molecule has 0 fully saturated rings. The van der Waals surface area contributed by atoms with Crippen molar-refractivity contribution in [3.05, 3.63) is 71.8 Å². The van der Waals surface area contributed by atoms with Crippen molar-refractivity contribution >= 4 is 11.7 Å². The molecule has 0 bridgehead atoms. The number of nitrogens with one attached hydrogen (secondary N) is 1. The SMILES string of the molecule is Cc1cc(-c2ccc3c(c2)OCCC3CNc2cnccc2C(=O)O)ccn1. The van der Waals surface area contributed by atoms with E-state index >= 15 is 0 Å². The lowest BCUT2D eigenvalue weighted by Gasteiger charge is -2.27. The molecule has 1 aromatic carbocycles. The summed E-state index contributed by atoms with van der Waals surface area (Å²) in [4.78, 5) is 19.7. The zero-order valence-electron chi connectivity index (χ0n) is 15.6. The van der Waals surface area contributed by atoms with Crippen LogP contribution >= 0.6 is 0 Å². The zero-order chi connectivity index (χ0) is 19.5. The first-order chi connectivity index (χ1) is 13.6. The Labute approximate surface area is 163 Å². The molecule has 1 aliphatic rings. The molecule has 2 N–H and O–H groups in total. The number of hydrogen-bond acceptors (Lipinski definition) is 5. The Bertz CT molecular complexity index is 1020. The number of carbonyl (C=O) groups is 1. The van der Waals surface area contributed by atoms with Crippen molar-refractivity contribution in [1.82, 2.24) is 9.97 Å². The fourth-order valence-electron chi connectivity index (χ4n) is 3.53. The molecule has 0 saturated carbocycles. The average Bonchev–Trinajstić information content (AvgIpc) is 2.72. The van der Waals surface area contributed by atoms with E-state index in [9.17, 15) is 9.90 Å². The van der Waals surface area contributed by atoms with Crippen LogP contribution in [0.25, 0.3) is 11.1 Å². The van der Waals surface area contributed by atoms with Crippen LogP contribution in [0.15, 0.2) is 55.0 Å². The summed E-state index contributed by atoms with van der Waals surface area (Å²) in [5.74, 6) is 0.156. The van der Waals surface area contributed by atoms with Gasteiger partial charge in [0.15, 0.2) is 0 Å². The molecule has 6 nitrogen and oxygen atoms in total. The van der Waals surface area contributed by atoms with Crippen LogP contribution in [0.4, 0.5) is 5.69 Å². The summed E-state index contributed by atoms with van der Waals surface area (Å²) in [6.07, 6.45) is 5.72. The Morgan fingerprint density at radius 1 is 1.21 bits per heavy atom. The molecule has 3 heterocycles. The molecule has 0 spiro atoms. The molecule has 1 unspecified atom stereocenters. The number of aromatic nitrogens is 2. The van der Waals surface area contributed by atoms with Gasteiger partial charge < -0.3 is 15.2 Å². The summed E-state index contributed by atoms with van der Waals surface area (Å²) in [5.41, 5.74) is 5.08. The van der Waals surface area contributed by atoms with Crippen molar-refractivity contribution in [1.29, 1.82) is 0 Å². The lowest BCUT2D eigenvalue weighted by molar-refractivity contribution is 0.0697. The highest BCUT2D eigenvalue weighted by Gasteiger charge is 2.22. The maximum Gasteiger partial charge on any atom is 0.337 e. The highest BCUT2D eigenvalue weighted by molar-refractivity contribution is 5.93. The van der Waals surface area contributed by atoms with E-state index in [4.69, 9.17) is 4.74 Å². The van der Waals surface area contributed by atoms with Gasteiger partial charge in [-0.05, 0) is 54.3 Å². The van der Waals surface area contributed by atoms with Crippen LogP contribution in [0.3, 0.4) is 0 Å². The third-order valence-electron chi connectivity index (χ3n) is 5.00. The Morgan fingerprint density at radius 3 is 2.89 bits per heavy atom. The van der Waals surface area contributed by atoms with Crippen LogP contribution in [-0.4, -0.2) is 34.2 Å². The molecular formula is C22H21N3O3. The highest BCUT2D eigenvalue weighted by Crippen LogP contribution is 2.37. The number of pyridine rings is 2. The van der Waals surface area contributed by atoms with Crippen molar-refractivity contribution < 1.29 is 14.6 Å². The van der Waals surface area contributed by atoms with Gasteiger partial charge >= 0.3 is 5.97 Å². The van der Waals surface area contributed by atoms with Crippen LogP contribution in [0, 0.1) is 6.92 Å². The molecule has 2 aromatic heterocycles. The van der Waals surface area contributed by atoms with E-state index in [1.807, 2.05) is 19.2 Å². The number of benzene rings is 1. The number of carboxylic acids is 1. The third-order valence-corrected chi connectivity index (χ3v) is 5.00. The molecule has 142 valence electrons. The number of nitrogens with zero attached hydrogens (tertiary/aromatic N) is 2. The van der Waals surface area contributed by atoms with E-state index in [1.165, 1.54) is 12.3 Å². The second-order valence-corrected chi connectivity index (χ2v) is 6.88. The number of carboxylic acid groups (broad SMARTS) is 1. The molecule has 0 saturated heterocycles. The van der Waals surface area contributed by atoms with Crippen molar-refractivity contribution in [2.45, 2.75) is 19.3 Å². The quantitative estimate of drug-likeness (QED) is 0.698. The van der Waals surface area contributed by atoms with Crippen molar-refractivity contribution in [3.8, 4) is 16.9 Å². The fraction of sp³-hybridized carbons (Fsp3) is 0.227. The average molecular weight is 375 g/mol. The smallest absolute Gasteiger partial charge is 0.337 e. The van der Waals surface area contributed by atoms with Gasteiger partial charge in [0.05, 0.1) is 24.1 Å². The summed E-state index contributed by atoms with van der Waals surface area (Å²) in [6.45, 7) is 3.23. The molecular weight excluding hydrogens is 354 g/mol. The van der Waals surface area contributed by atoms with Gasteiger partial charge in [-0.3, -0.25) is 9.97 Å². The van der Waals surface area contributed by atoms with Gasteiger partial charge in [-0.1, -0.05) is 12.1 Å². The number of ether oxygens (including phenoxy) is 1. The predicted molar refractivity (Wildman–Crippen MR) is 107 cm³/mol. The predicted octanol–water partition coefficient (Wildman–Crippen LogP) is 4.13. The van der Waals surface area contributed by atoms with E-state index in [-0.39, 0.29) is 11.5 Å². The Hall–Kier alpha value is -3.41. The normalized spacial score (nSPS) is 15.4. The summed E-state index contributed by atoms with van der Waals surface area (Å²) in [7, 11) is 0. The third kappa shape index (κ3) is 3.67. The molecule has 0 radical (unpaired) electrons. The number of fused-ring (bicyclic) bond motifs is 1. The Balaban J connectivity index is 1.55. The van der Waals surface area contributed by atoms with Crippen LogP contribution < -0.4 is 10.1 Å². The zero-order valence-corrected chi connectivity index (χ0v) is 15.6. The monoisotopic (exact) mass is 375 g/mol. The van der Waals surface area contributed by atoms with Crippen LogP contribution in [0.1, 0.15) is 34.0 Å². The summed E-state index contributed by atoms with van der Waals surface area (Å²) in [6, 6.07) is 11.8. The number of rotatable bonds is 5. The molecule has 0 aliphatic carbocycles. The van der Waals surface area contributed by atoms with Crippen molar-refractivity contribution in [2.75, 3.05) is 18.5 Å². The highest BCUT2D eigenvalue weighted by atomic mass is 16.5. The van der Waals surface area contributed by atoms with Crippen LogP contribution in [-0.2, 0) is 0 Å². The Morgan fingerprint density at radius 2 is 2.07 bits per heavy atom. The van der Waals surface area contributed by atoms with Gasteiger partial charge in [-0.15, -0.1) is 0 Å². The summed E-state index contributed by atoms with van der Waals surface area (Å²) >= 11 is 0. The summed E-state index contributed by atoms with van der Waals surface area (Å²) in [5, 5.41) is 12.6.